The molecule has 0 saturated carbocycles. The van der Waals surface area contributed by atoms with Gasteiger partial charge in [-0.15, -0.1) is 0 Å². The molecule has 0 aromatic heterocycles. The zero-order chi connectivity index (χ0) is 13.4. The lowest BCUT2D eigenvalue weighted by Gasteiger charge is -2.17. The van der Waals surface area contributed by atoms with Crippen molar-refractivity contribution in [1.82, 2.24) is 5.32 Å². The molecular weight excluding hydrogens is 242 g/mol. The molecule has 1 N–H and O–H groups in total. The second-order valence-electron chi connectivity index (χ2n) is 4.92. The Bertz CT molecular complexity index is 326. The first kappa shape index (κ1) is 15.4. The number of benzene rings is 1. The molecule has 0 fully saturated rings. The maximum atomic E-state index is 5.16. The standard InChI is InChI=1S/C15H25NOS/c1-12(11-18-4)10-16-13(2)9-14-5-7-15(17-3)8-6-14/h5-8,12-13,16H,9-11H2,1-4H3. The summed E-state index contributed by atoms with van der Waals surface area (Å²) >= 11 is 1.92. The van der Waals surface area contributed by atoms with Crippen molar-refractivity contribution >= 4 is 11.8 Å². The number of hydrogen-bond acceptors (Lipinski definition) is 3. The third-order valence-corrected chi connectivity index (χ3v) is 3.87. The Morgan fingerprint density at radius 2 is 1.89 bits per heavy atom. The van der Waals surface area contributed by atoms with Crippen LogP contribution in [0.2, 0.25) is 0 Å². The average molecular weight is 267 g/mol. The zero-order valence-corrected chi connectivity index (χ0v) is 12.7. The van der Waals surface area contributed by atoms with Crippen LogP contribution in [-0.2, 0) is 6.42 Å². The van der Waals surface area contributed by atoms with Crippen molar-refractivity contribution < 1.29 is 4.74 Å². The summed E-state index contributed by atoms with van der Waals surface area (Å²) in [5.41, 5.74) is 1.35. The number of thioether (sulfide) groups is 1. The molecule has 0 heterocycles. The molecule has 18 heavy (non-hydrogen) atoms. The van der Waals surface area contributed by atoms with Crippen LogP contribution in [0.3, 0.4) is 0 Å². The molecule has 1 rings (SSSR count). The van der Waals surface area contributed by atoms with E-state index in [0.29, 0.717) is 6.04 Å². The molecule has 0 aliphatic rings. The molecule has 0 aliphatic carbocycles. The Morgan fingerprint density at radius 3 is 2.44 bits per heavy atom. The fraction of sp³-hybridized carbons (Fsp3) is 0.600. The van der Waals surface area contributed by atoms with Crippen LogP contribution < -0.4 is 10.1 Å². The van der Waals surface area contributed by atoms with E-state index in [-0.39, 0.29) is 0 Å². The second-order valence-corrected chi connectivity index (χ2v) is 5.83. The third kappa shape index (κ3) is 5.78. The molecule has 2 nitrogen and oxygen atoms in total. The Hall–Kier alpha value is -0.670. The van der Waals surface area contributed by atoms with Crippen LogP contribution in [0.1, 0.15) is 19.4 Å². The molecule has 0 spiro atoms. The van der Waals surface area contributed by atoms with Gasteiger partial charge < -0.3 is 10.1 Å². The van der Waals surface area contributed by atoms with E-state index in [1.807, 2.05) is 23.9 Å². The monoisotopic (exact) mass is 267 g/mol. The first-order valence-electron chi connectivity index (χ1n) is 6.51. The lowest BCUT2D eigenvalue weighted by atomic mass is 10.1. The Kier molecular flexibility index (Phi) is 7.21. The summed E-state index contributed by atoms with van der Waals surface area (Å²) < 4.78 is 5.16. The highest BCUT2D eigenvalue weighted by Gasteiger charge is 2.06. The maximum absolute atomic E-state index is 5.16. The van der Waals surface area contributed by atoms with Gasteiger partial charge in [0.15, 0.2) is 0 Å². The van der Waals surface area contributed by atoms with Gasteiger partial charge in [0.05, 0.1) is 7.11 Å². The van der Waals surface area contributed by atoms with Crippen molar-refractivity contribution in [2.75, 3.05) is 25.7 Å². The summed E-state index contributed by atoms with van der Waals surface area (Å²) in [4.78, 5) is 0. The van der Waals surface area contributed by atoms with Crippen LogP contribution >= 0.6 is 11.8 Å². The lowest BCUT2D eigenvalue weighted by Crippen LogP contribution is -2.32. The molecule has 2 atom stereocenters. The number of nitrogens with one attached hydrogen (secondary N) is 1. The topological polar surface area (TPSA) is 21.3 Å². The molecule has 1 aromatic carbocycles. The van der Waals surface area contributed by atoms with E-state index in [0.717, 1.165) is 24.6 Å². The lowest BCUT2D eigenvalue weighted by molar-refractivity contribution is 0.414. The van der Waals surface area contributed by atoms with Gasteiger partial charge in [0, 0.05) is 6.04 Å². The van der Waals surface area contributed by atoms with E-state index in [1.54, 1.807) is 7.11 Å². The average Bonchev–Trinajstić information content (AvgIpc) is 2.38. The van der Waals surface area contributed by atoms with Crippen molar-refractivity contribution in [3.8, 4) is 5.75 Å². The van der Waals surface area contributed by atoms with Gasteiger partial charge in [-0.25, -0.2) is 0 Å². The summed E-state index contributed by atoms with van der Waals surface area (Å²) in [6.45, 7) is 5.64. The molecular formula is C15H25NOS. The summed E-state index contributed by atoms with van der Waals surface area (Å²) in [6, 6.07) is 8.85. The normalized spacial score (nSPS) is 14.2. The SMILES string of the molecule is COc1ccc(CC(C)NCC(C)CSC)cc1. The van der Waals surface area contributed by atoms with Crippen LogP contribution in [0.4, 0.5) is 0 Å². The first-order valence-corrected chi connectivity index (χ1v) is 7.90. The van der Waals surface area contributed by atoms with Crippen LogP contribution in [0.15, 0.2) is 24.3 Å². The van der Waals surface area contributed by atoms with Crippen LogP contribution in [-0.4, -0.2) is 31.7 Å². The second kappa shape index (κ2) is 8.44. The zero-order valence-electron chi connectivity index (χ0n) is 11.9. The van der Waals surface area contributed by atoms with Gasteiger partial charge in [-0.1, -0.05) is 19.1 Å². The van der Waals surface area contributed by atoms with Gasteiger partial charge in [0.1, 0.15) is 5.75 Å². The van der Waals surface area contributed by atoms with Crippen LogP contribution in [0.25, 0.3) is 0 Å². The number of hydrogen-bond donors (Lipinski definition) is 1. The minimum atomic E-state index is 0.516. The van der Waals surface area contributed by atoms with Gasteiger partial charge in [-0.3, -0.25) is 0 Å². The minimum absolute atomic E-state index is 0.516. The van der Waals surface area contributed by atoms with Gasteiger partial charge in [-0.05, 0) is 55.5 Å². The summed E-state index contributed by atoms with van der Waals surface area (Å²) in [6.07, 6.45) is 3.23. The van der Waals surface area contributed by atoms with Crippen molar-refractivity contribution in [2.24, 2.45) is 5.92 Å². The number of rotatable bonds is 8. The molecule has 0 saturated heterocycles. The summed E-state index contributed by atoms with van der Waals surface area (Å²) in [7, 11) is 1.70. The van der Waals surface area contributed by atoms with Gasteiger partial charge in [0.25, 0.3) is 0 Å². The van der Waals surface area contributed by atoms with E-state index >= 15 is 0 Å². The minimum Gasteiger partial charge on any atom is -0.497 e. The van der Waals surface area contributed by atoms with Crippen molar-refractivity contribution in [3.05, 3.63) is 29.8 Å². The van der Waals surface area contributed by atoms with Gasteiger partial charge in [-0.2, -0.15) is 11.8 Å². The molecule has 1 aromatic rings. The smallest absolute Gasteiger partial charge is 0.118 e. The Balaban J connectivity index is 2.32. The fourth-order valence-corrected chi connectivity index (χ4v) is 2.62. The highest BCUT2D eigenvalue weighted by molar-refractivity contribution is 7.98. The summed E-state index contributed by atoms with van der Waals surface area (Å²) in [5.74, 6) is 2.88. The first-order chi connectivity index (χ1) is 8.65. The quantitative estimate of drug-likeness (QED) is 0.781. The van der Waals surface area contributed by atoms with Crippen molar-refractivity contribution in [3.63, 3.8) is 0 Å². The Labute approximate surface area is 116 Å². The van der Waals surface area contributed by atoms with E-state index in [2.05, 4.69) is 37.6 Å². The molecule has 0 radical (unpaired) electrons. The molecule has 0 aliphatic heterocycles. The van der Waals surface area contributed by atoms with Gasteiger partial charge >= 0.3 is 0 Å². The van der Waals surface area contributed by atoms with Crippen LogP contribution in [0, 0.1) is 5.92 Å². The van der Waals surface area contributed by atoms with Crippen molar-refractivity contribution in [1.29, 1.82) is 0 Å². The predicted molar refractivity (Wildman–Crippen MR) is 81.7 cm³/mol. The number of methoxy groups -OCH3 is 1. The maximum Gasteiger partial charge on any atom is 0.118 e. The van der Waals surface area contributed by atoms with Crippen LogP contribution in [0.5, 0.6) is 5.75 Å². The molecule has 3 heteroatoms. The largest absolute Gasteiger partial charge is 0.497 e. The van der Waals surface area contributed by atoms with Gasteiger partial charge in [0.2, 0.25) is 0 Å². The molecule has 0 bridgehead atoms. The van der Waals surface area contributed by atoms with E-state index in [1.165, 1.54) is 11.3 Å². The van der Waals surface area contributed by atoms with E-state index < -0.39 is 0 Å². The van der Waals surface area contributed by atoms with E-state index in [9.17, 15) is 0 Å². The number of ether oxygens (including phenoxy) is 1. The Morgan fingerprint density at radius 1 is 1.22 bits per heavy atom. The fourth-order valence-electron chi connectivity index (χ4n) is 1.93. The molecule has 2 unspecified atom stereocenters. The molecule has 0 amide bonds. The van der Waals surface area contributed by atoms with E-state index in [4.69, 9.17) is 4.74 Å². The summed E-state index contributed by atoms with van der Waals surface area (Å²) in [5, 5.41) is 3.60. The predicted octanol–water partition coefficient (Wildman–Crippen LogP) is 3.21. The highest BCUT2D eigenvalue weighted by Crippen LogP contribution is 2.12. The highest BCUT2D eigenvalue weighted by atomic mass is 32.2. The molecule has 102 valence electrons. The van der Waals surface area contributed by atoms with Crippen molar-refractivity contribution in [2.45, 2.75) is 26.3 Å². The third-order valence-electron chi connectivity index (χ3n) is 2.97.